The van der Waals surface area contributed by atoms with E-state index < -0.39 is 0 Å². The quantitative estimate of drug-likeness (QED) is 0.151. The number of pyridine rings is 5. The summed E-state index contributed by atoms with van der Waals surface area (Å²) in [5.74, 6) is 2.23. The molecule has 290 valence electrons. The maximum absolute atomic E-state index is 13.2. The van der Waals surface area contributed by atoms with Gasteiger partial charge in [-0.15, -0.1) is 0 Å². The zero-order valence-corrected chi connectivity index (χ0v) is 31.9. The van der Waals surface area contributed by atoms with Crippen molar-refractivity contribution in [3.8, 4) is 23.0 Å². The van der Waals surface area contributed by atoms with Crippen LogP contribution in [0.1, 0.15) is 48.1 Å². The lowest BCUT2D eigenvalue weighted by atomic mass is 10.0. The first-order valence-electron chi connectivity index (χ1n) is 19.7. The summed E-state index contributed by atoms with van der Waals surface area (Å²) >= 11 is 0. The number of likely N-dealkylation sites (tertiary alicyclic amines) is 1. The van der Waals surface area contributed by atoms with Gasteiger partial charge in [0.05, 0.1) is 0 Å². The van der Waals surface area contributed by atoms with Gasteiger partial charge in [-0.05, 0) is 118 Å². The Hall–Kier alpha value is -7.06. The minimum Gasteiger partial charge on any atom is -0.384 e. The van der Waals surface area contributed by atoms with Crippen molar-refractivity contribution in [2.45, 2.75) is 37.8 Å². The Kier molecular flexibility index (Phi) is 10.5. The number of amides is 1. The summed E-state index contributed by atoms with van der Waals surface area (Å²) in [6.45, 7) is 3.40. The highest BCUT2D eigenvalue weighted by Crippen LogP contribution is 2.33. The van der Waals surface area contributed by atoms with E-state index >= 15 is 0 Å². The second-order valence-corrected chi connectivity index (χ2v) is 14.4. The summed E-state index contributed by atoms with van der Waals surface area (Å²) < 4.78 is 4.48. The molecular formula is C44H43N13O. The van der Waals surface area contributed by atoms with Crippen LogP contribution in [0.3, 0.4) is 0 Å². The molecule has 1 aromatic carbocycles. The van der Waals surface area contributed by atoms with E-state index in [0.29, 0.717) is 30.5 Å². The Morgan fingerprint density at radius 2 is 1.17 bits per heavy atom. The fourth-order valence-electron chi connectivity index (χ4n) is 7.87. The van der Waals surface area contributed by atoms with E-state index in [9.17, 15) is 4.79 Å². The topological polar surface area (TPSA) is 170 Å². The highest BCUT2D eigenvalue weighted by atomic mass is 16.2. The molecule has 2 saturated heterocycles. The van der Waals surface area contributed by atoms with Crippen LogP contribution in [-0.2, 0) is 0 Å². The molecule has 0 atom stereocenters. The van der Waals surface area contributed by atoms with E-state index in [2.05, 4.69) is 44.7 Å². The molecule has 14 heteroatoms. The van der Waals surface area contributed by atoms with Crippen LogP contribution < -0.4 is 16.4 Å². The summed E-state index contributed by atoms with van der Waals surface area (Å²) in [7, 11) is 0. The van der Waals surface area contributed by atoms with Crippen LogP contribution in [0.15, 0.2) is 128 Å². The van der Waals surface area contributed by atoms with Gasteiger partial charge in [-0.3, -0.25) is 14.8 Å². The third kappa shape index (κ3) is 7.69. The molecule has 9 heterocycles. The molecule has 2 fully saturated rings. The summed E-state index contributed by atoms with van der Waals surface area (Å²) in [5.41, 5.74) is 13.5. The molecule has 58 heavy (non-hydrogen) atoms. The van der Waals surface area contributed by atoms with Gasteiger partial charge >= 0.3 is 0 Å². The van der Waals surface area contributed by atoms with E-state index in [4.69, 9.17) is 15.7 Å². The maximum Gasteiger partial charge on any atom is 0.253 e. The highest BCUT2D eigenvalue weighted by molar-refractivity contribution is 5.94. The minimum atomic E-state index is 0.0386. The normalized spacial score (nSPS) is 14.9. The predicted octanol–water partition coefficient (Wildman–Crippen LogP) is 7.11. The molecule has 0 saturated carbocycles. The molecule has 2 aliphatic heterocycles. The Bertz CT molecular complexity index is 2630. The van der Waals surface area contributed by atoms with Crippen LogP contribution in [0.2, 0.25) is 0 Å². The number of hydrogen-bond acceptors (Lipinski definition) is 11. The molecular weight excluding hydrogens is 727 g/mol. The molecule has 0 spiro atoms. The molecule has 0 bridgehead atoms. The lowest BCUT2D eigenvalue weighted by Crippen LogP contribution is -2.39. The lowest BCUT2D eigenvalue weighted by molar-refractivity contribution is 0.0696. The second-order valence-electron chi connectivity index (χ2n) is 14.4. The highest BCUT2D eigenvalue weighted by Gasteiger charge is 2.29. The Balaban J connectivity index is 0.000000175. The van der Waals surface area contributed by atoms with Crippen molar-refractivity contribution in [3.63, 3.8) is 0 Å². The zero-order chi connectivity index (χ0) is 39.3. The van der Waals surface area contributed by atoms with Crippen molar-refractivity contribution in [1.82, 2.24) is 54.2 Å². The number of benzene rings is 1. The molecule has 0 unspecified atom stereocenters. The number of carbonyl (C=O) groups excluding carboxylic acids is 1. The number of nitrogen functional groups attached to an aromatic ring is 1. The number of nitrogens with two attached hydrogens (primary N) is 1. The van der Waals surface area contributed by atoms with Crippen molar-refractivity contribution in [3.05, 3.63) is 134 Å². The van der Waals surface area contributed by atoms with E-state index in [-0.39, 0.29) is 11.9 Å². The summed E-state index contributed by atoms with van der Waals surface area (Å²) in [6.07, 6.45) is 12.7. The van der Waals surface area contributed by atoms with Gasteiger partial charge in [0.25, 0.3) is 5.91 Å². The van der Waals surface area contributed by atoms with E-state index in [1.54, 1.807) is 24.7 Å². The monoisotopic (exact) mass is 769 g/mol. The largest absolute Gasteiger partial charge is 0.384 e. The van der Waals surface area contributed by atoms with E-state index in [0.717, 1.165) is 95.5 Å². The third-order valence-corrected chi connectivity index (χ3v) is 10.7. The fraction of sp³-hybridized carbons (Fsp3) is 0.227. The van der Waals surface area contributed by atoms with Crippen molar-refractivity contribution in [2.75, 3.05) is 37.2 Å². The predicted molar refractivity (Wildman–Crippen MR) is 225 cm³/mol. The molecule has 1 amide bonds. The van der Waals surface area contributed by atoms with Crippen LogP contribution in [0.4, 0.5) is 17.2 Å². The Labute approximate surface area is 335 Å². The maximum atomic E-state index is 13.2. The number of fused-ring (bicyclic) bond motifs is 2. The van der Waals surface area contributed by atoms with Gasteiger partial charge < -0.3 is 30.4 Å². The van der Waals surface area contributed by atoms with Gasteiger partial charge in [0, 0.05) is 79.2 Å². The molecule has 2 aliphatic rings. The van der Waals surface area contributed by atoms with Gasteiger partial charge in [0.2, 0.25) is 0 Å². The van der Waals surface area contributed by atoms with Crippen LogP contribution in [0.5, 0.6) is 0 Å². The van der Waals surface area contributed by atoms with E-state index in [1.807, 2.05) is 108 Å². The van der Waals surface area contributed by atoms with Gasteiger partial charge in [0.1, 0.15) is 28.2 Å². The number of rotatable bonds is 7. The number of nitrogens with zero attached hydrogens (tertiary/aromatic N) is 10. The fourth-order valence-corrected chi connectivity index (χ4v) is 7.87. The molecule has 4 N–H and O–H groups in total. The minimum absolute atomic E-state index is 0.0386. The average molecular weight is 770 g/mol. The number of imidazole rings is 2. The smallest absolute Gasteiger partial charge is 0.253 e. The van der Waals surface area contributed by atoms with Crippen molar-refractivity contribution < 1.29 is 4.79 Å². The standard InChI is InChI=1S/C28H26N8O.C16H17N5/c29-25-18-21(10-15-31-25)33-20-8-6-19(7-9-20)28(37)35-16-11-22(12-17-35)36-26-24(5-3-14-32-26)34-27(36)23-4-1-2-13-30-23;1-2-8-18-13(4-1)16-20-14-5-3-9-19-15(14)21(16)12-6-10-17-11-7-12/h1-10,13-15,18,22H,11-12,16-17H2,(H3,29,31,33);1-5,8-9,12,17H,6-7,10-11H2. The van der Waals surface area contributed by atoms with Crippen LogP contribution >= 0.6 is 0 Å². The summed E-state index contributed by atoms with van der Waals surface area (Å²) in [5, 5.41) is 6.69. The average Bonchev–Trinajstić information content (AvgIpc) is 3.87. The number of nitrogens with one attached hydrogen (secondary N) is 2. The first kappa shape index (κ1) is 36.6. The SMILES string of the molecule is Nc1cc(Nc2ccc(C(=O)N3CCC(n4c(-c5ccccn5)nc5cccnc54)CC3)cc2)ccn1.c1ccc(-c2nc3cccnc3n2C2CCNCC2)nc1. The van der Waals surface area contributed by atoms with Gasteiger partial charge in [-0.2, -0.15) is 0 Å². The second kappa shape index (κ2) is 16.6. The van der Waals surface area contributed by atoms with E-state index in [1.165, 1.54) is 0 Å². The molecule has 0 radical (unpaired) electrons. The van der Waals surface area contributed by atoms with Gasteiger partial charge in [-0.1, -0.05) is 12.1 Å². The number of piperidine rings is 2. The molecule has 10 rings (SSSR count). The van der Waals surface area contributed by atoms with Gasteiger partial charge in [0.15, 0.2) is 22.9 Å². The summed E-state index contributed by atoms with van der Waals surface area (Å²) in [6, 6.07) is 31.4. The Morgan fingerprint density at radius 1 is 0.603 bits per heavy atom. The molecule has 14 nitrogen and oxygen atoms in total. The van der Waals surface area contributed by atoms with Crippen LogP contribution in [-0.4, -0.2) is 81.0 Å². The first-order chi connectivity index (χ1) is 28.6. The number of carbonyl (C=O) groups is 1. The third-order valence-electron chi connectivity index (χ3n) is 10.7. The lowest BCUT2D eigenvalue weighted by Gasteiger charge is -2.33. The van der Waals surface area contributed by atoms with Crippen molar-refractivity contribution in [2.24, 2.45) is 0 Å². The van der Waals surface area contributed by atoms with Gasteiger partial charge in [-0.25, -0.2) is 24.9 Å². The zero-order valence-electron chi connectivity index (χ0n) is 31.9. The summed E-state index contributed by atoms with van der Waals surface area (Å²) in [4.78, 5) is 47.0. The van der Waals surface area contributed by atoms with Crippen LogP contribution in [0, 0.1) is 0 Å². The van der Waals surface area contributed by atoms with Crippen molar-refractivity contribution >= 4 is 45.4 Å². The number of anilines is 3. The first-order valence-corrected chi connectivity index (χ1v) is 19.7. The molecule has 0 aliphatic carbocycles. The Morgan fingerprint density at radius 3 is 1.72 bits per heavy atom. The van der Waals surface area contributed by atoms with Crippen molar-refractivity contribution in [1.29, 1.82) is 0 Å². The molecule has 8 aromatic rings. The number of aromatic nitrogens is 9. The molecule has 7 aromatic heterocycles. The van der Waals surface area contributed by atoms with Crippen LogP contribution in [0.25, 0.3) is 45.4 Å². The number of hydrogen-bond donors (Lipinski definition) is 3.